The second-order valence-electron chi connectivity index (χ2n) is 3.73. The van der Waals surface area contributed by atoms with Gasteiger partial charge in [0, 0.05) is 5.69 Å². The van der Waals surface area contributed by atoms with Crippen LogP contribution >= 0.6 is 0 Å². The molecule has 0 radical (unpaired) electrons. The molecule has 0 fully saturated rings. The van der Waals surface area contributed by atoms with Gasteiger partial charge < -0.3 is 10.1 Å². The van der Waals surface area contributed by atoms with Gasteiger partial charge in [0.2, 0.25) is 0 Å². The number of anilines is 1. The van der Waals surface area contributed by atoms with Gasteiger partial charge in [-0.25, -0.2) is 4.79 Å². The maximum Gasteiger partial charge on any atom is 0.338 e. The Morgan fingerprint density at radius 3 is 2.35 bits per heavy atom. The van der Waals surface area contributed by atoms with E-state index in [1.54, 1.807) is 37.3 Å². The summed E-state index contributed by atoms with van der Waals surface area (Å²) in [6, 6.07) is 9.78. The number of hydrogen-bond acceptors (Lipinski definition) is 6. The van der Waals surface area contributed by atoms with Crippen LogP contribution in [-0.2, 0) is 4.74 Å². The van der Waals surface area contributed by atoms with Crippen LogP contribution in [0, 0.1) is 40.9 Å². The van der Waals surface area contributed by atoms with E-state index in [0.29, 0.717) is 16.8 Å². The molecule has 98 valence electrons. The quantitative estimate of drug-likeness (QED) is 0.662. The average molecular weight is 266 g/mol. The lowest BCUT2D eigenvalue weighted by Crippen LogP contribution is -2.06. The number of ether oxygens (including phenoxy) is 1. The van der Waals surface area contributed by atoms with Gasteiger partial charge in [-0.05, 0) is 24.6 Å². The van der Waals surface area contributed by atoms with Crippen molar-refractivity contribution in [2.75, 3.05) is 12.4 Å². The van der Waals surface area contributed by atoms with E-state index in [4.69, 9.17) is 15.8 Å². The second-order valence-corrected chi connectivity index (χ2v) is 3.73. The van der Waals surface area contributed by atoms with Gasteiger partial charge in [0.1, 0.15) is 23.9 Å². The van der Waals surface area contributed by atoms with Crippen molar-refractivity contribution in [1.29, 1.82) is 15.8 Å². The molecular weight excluding hydrogens is 256 g/mol. The highest BCUT2D eigenvalue weighted by Crippen LogP contribution is 2.18. The zero-order valence-electron chi connectivity index (χ0n) is 10.9. The minimum Gasteiger partial charge on any atom is -0.465 e. The fourth-order valence-electron chi connectivity index (χ4n) is 1.46. The van der Waals surface area contributed by atoms with Crippen molar-refractivity contribution in [1.82, 2.24) is 0 Å². The summed E-state index contributed by atoms with van der Waals surface area (Å²) in [5.41, 5.74) is 0.967. The highest BCUT2D eigenvalue weighted by molar-refractivity contribution is 5.92. The summed E-state index contributed by atoms with van der Waals surface area (Å²) >= 11 is 0. The average Bonchev–Trinajstić information content (AvgIpc) is 2.48. The van der Waals surface area contributed by atoms with Gasteiger partial charge in [0.25, 0.3) is 0 Å². The third-order valence-corrected chi connectivity index (χ3v) is 2.50. The number of rotatable bonds is 3. The number of carbonyl (C=O) groups is 1. The molecule has 1 aromatic rings. The van der Waals surface area contributed by atoms with Crippen LogP contribution in [0.15, 0.2) is 29.5 Å². The molecule has 0 amide bonds. The Bertz CT molecular complexity index is 683. The van der Waals surface area contributed by atoms with Crippen molar-refractivity contribution in [2.24, 2.45) is 0 Å². The molecule has 0 aliphatic rings. The van der Waals surface area contributed by atoms with Crippen LogP contribution in [-0.4, -0.2) is 13.1 Å². The first-order chi connectivity index (χ1) is 9.57. The van der Waals surface area contributed by atoms with Crippen molar-refractivity contribution in [3.05, 3.63) is 40.6 Å². The Morgan fingerprint density at radius 2 is 1.85 bits per heavy atom. The Kier molecular flexibility index (Phi) is 4.86. The molecule has 0 atom stereocenters. The number of allylic oxidation sites excluding steroid dienone is 2. The van der Waals surface area contributed by atoms with Crippen LogP contribution in [0.25, 0.3) is 0 Å². The van der Waals surface area contributed by atoms with Gasteiger partial charge in [0.05, 0.1) is 12.7 Å². The van der Waals surface area contributed by atoms with Crippen LogP contribution in [0.2, 0.25) is 0 Å². The predicted molar refractivity (Wildman–Crippen MR) is 70.0 cm³/mol. The molecule has 0 spiro atoms. The summed E-state index contributed by atoms with van der Waals surface area (Å²) in [4.78, 5) is 11.6. The summed E-state index contributed by atoms with van der Waals surface area (Å²) in [6.45, 7) is 1.74. The molecule has 20 heavy (non-hydrogen) atoms. The lowest BCUT2D eigenvalue weighted by atomic mass is 10.1. The first-order valence-electron chi connectivity index (χ1n) is 5.48. The van der Waals surface area contributed by atoms with Crippen molar-refractivity contribution in [3.63, 3.8) is 0 Å². The fraction of sp³-hybridized carbons (Fsp3) is 0.143. The highest BCUT2D eigenvalue weighted by Gasteiger charge is 2.11. The first-order valence-corrected chi connectivity index (χ1v) is 5.48. The molecule has 0 bridgehead atoms. The minimum atomic E-state index is -0.505. The number of carbonyl (C=O) groups excluding carboxylic acids is 1. The molecule has 0 saturated heterocycles. The second kappa shape index (κ2) is 6.58. The van der Waals surface area contributed by atoms with Crippen LogP contribution in [0.5, 0.6) is 0 Å². The maximum atomic E-state index is 11.6. The molecular formula is C14H10N4O2. The van der Waals surface area contributed by atoms with Gasteiger partial charge in [-0.15, -0.1) is 0 Å². The summed E-state index contributed by atoms with van der Waals surface area (Å²) in [6.07, 6.45) is 0. The van der Waals surface area contributed by atoms with E-state index in [0.717, 1.165) is 0 Å². The molecule has 1 aromatic carbocycles. The molecule has 0 aromatic heterocycles. The number of hydrogen-bond donors (Lipinski definition) is 1. The number of benzene rings is 1. The Hall–Kier alpha value is -3.30. The number of nitrogens with zero attached hydrogens (tertiary/aromatic N) is 3. The monoisotopic (exact) mass is 266 g/mol. The molecule has 1 rings (SSSR count). The highest BCUT2D eigenvalue weighted by atomic mass is 16.5. The Balaban J connectivity index is 3.22. The zero-order chi connectivity index (χ0) is 15.1. The summed E-state index contributed by atoms with van der Waals surface area (Å²) in [5.74, 6) is -0.505. The van der Waals surface area contributed by atoms with Crippen LogP contribution in [0.4, 0.5) is 5.69 Å². The van der Waals surface area contributed by atoms with Gasteiger partial charge in [-0.1, -0.05) is 6.07 Å². The van der Waals surface area contributed by atoms with E-state index in [1.807, 2.05) is 0 Å². The molecule has 0 saturated carbocycles. The van der Waals surface area contributed by atoms with E-state index in [2.05, 4.69) is 10.1 Å². The maximum absolute atomic E-state index is 11.6. The van der Waals surface area contributed by atoms with E-state index in [-0.39, 0.29) is 11.3 Å². The van der Waals surface area contributed by atoms with Crippen LogP contribution in [0.3, 0.4) is 0 Å². The first kappa shape index (κ1) is 14.8. The van der Waals surface area contributed by atoms with E-state index in [9.17, 15) is 4.79 Å². The van der Waals surface area contributed by atoms with E-state index < -0.39 is 5.97 Å². The van der Waals surface area contributed by atoms with Crippen molar-refractivity contribution >= 4 is 11.7 Å². The number of aryl methyl sites for hydroxylation is 1. The molecule has 0 unspecified atom stereocenters. The summed E-state index contributed by atoms with van der Waals surface area (Å²) in [7, 11) is 1.27. The largest absolute Gasteiger partial charge is 0.465 e. The van der Waals surface area contributed by atoms with Crippen LogP contribution < -0.4 is 5.32 Å². The van der Waals surface area contributed by atoms with E-state index in [1.165, 1.54) is 13.2 Å². The lowest BCUT2D eigenvalue weighted by molar-refractivity contribution is 0.0600. The molecule has 6 heteroatoms. The third-order valence-electron chi connectivity index (χ3n) is 2.50. The fourth-order valence-corrected chi connectivity index (χ4v) is 1.46. The molecule has 6 nitrogen and oxygen atoms in total. The summed E-state index contributed by atoms with van der Waals surface area (Å²) < 4.78 is 4.64. The van der Waals surface area contributed by atoms with E-state index >= 15 is 0 Å². The van der Waals surface area contributed by atoms with Gasteiger partial charge in [0.15, 0.2) is 5.57 Å². The molecule has 1 N–H and O–H groups in total. The Morgan fingerprint density at radius 1 is 1.20 bits per heavy atom. The topological polar surface area (TPSA) is 110 Å². The van der Waals surface area contributed by atoms with Crippen LogP contribution in [0.1, 0.15) is 15.9 Å². The summed E-state index contributed by atoms with van der Waals surface area (Å²) in [5, 5.41) is 29.0. The minimum absolute atomic E-state index is 0.172. The number of nitriles is 3. The molecule has 0 aliphatic heterocycles. The zero-order valence-corrected chi connectivity index (χ0v) is 10.9. The van der Waals surface area contributed by atoms with Gasteiger partial charge in [-0.3, -0.25) is 0 Å². The van der Waals surface area contributed by atoms with Gasteiger partial charge >= 0.3 is 5.97 Å². The number of esters is 1. The Labute approximate surface area is 116 Å². The smallest absolute Gasteiger partial charge is 0.338 e. The van der Waals surface area contributed by atoms with Gasteiger partial charge in [-0.2, -0.15) is 15.8 Å². The SMILES string of the molecule is COC(=O)c1cc(NC(C#N)=C(C#N)C#N)ccc1C. The van der Waals surface area contributed by atoms with Crippen molar-refractivity contribution in [2.45, 2.75) is 6.92 Å². The number of methoxy groups -OCH3 is 1. The molecule has 0 aliphatic carbocycles. The standard InChI is InChI=1S/C14H10N4O2/c1-9-3-4-11(5-12(9)14(19)20-2)18-13(8-17)10(6-15)7-16/h3-5,18H,1-2H3. The normalized spacial score (nSPS) is 8.55. The van der Waals surface area contributed by atoms with Crippen molar-refractivity contribution < 1.29 is 9.53 Å². The predicted octanol–water partition coefficient (Wildman–Crippen LogP) is 2.02. The molecule has 0 heterocycles. The lowest BCUT2D eigenvalue weighted by Gasteiger charge is -2.08. The number of nitrogens with one attached hydrogen (secondary N) is 1. The third kappa shape index (κ3) is 3.13. The van der Waals surface area contributed by atoms with Crippen molar-refractivity contribution in [3.8, 4) is 18.2 Å².